The van der Waals surface area contributed by atoms with Crippen LogP contribution in [0.1, 0.15) is 35.8 Å². The van der Waals surface area contributed by atoms with Gasteiger partial charge in [-0.05, 0) is 48.6 Å². The van der Waals surface area contributed by atoms with E-state index in [9.17, 15) is 4.79 Å². The molecule has 2 heterocycles. The Bertz CT molecular complexity index is 771. The Balaban J connectivity index is 1.58. The number of nitrogens with zero attached hydrogens (tertiary/aromatic N) is 3. The molecule has 7 heteroatoms. The second-order valence-corrected chi connectivity index (χ2v) is 6.82. The molecule has 144 valence electrons. The lowest BCUT2D eigenvalue weighted by molar-refractivity contribution is 0.0945. The second kappa shape index (κ2) is 8.70. The van der Waals surface area contributed by atoms with Gasteiger partial charge >= 0.3 is 0 Å². The molecule has 1 amide bonds. The molecule has 0 radical (unpaired) electrons. The summed E-state index contributed by atoms with van der Waals surface area (Å²) in [4.78, 5) is 14.6. The number of piperidine rings is 1. The molecule has 0 aliphatic carbocycles. The maximum atomic E-state index is 12.3. The molecular formula is C20H26N4O3. The largest absolute Gasteiger partial charge is 0.493 e. The number of carbonyl (C=O) groups excluding carboxylic acids is 1. The van der Waals surface area contributed by atoms with Crippen molar-refractivity contribution in [2.75, 3.05) is 32.2 Å². The van der Waals surface area contributed by atoms with Gasteiger partial charge in [0.25, 0.3) is 5.91 Å². The van der Waals surface area contributed by atoms with E-state index < -0.39 is 0 Å². The zero-order valence-electron chi connectivity index (χ0n) is 16.1. The molecule has 1 aromatic heterocycles. The average Bonchev–Trinajstić information content (AvgIpc) is 2.72. The summed E-state index contributed by atoms with van der Waals surface area (Å²) >= 11 is 0. The van der Waals surface area contributed by atoms with Gasteiger partial charge in [0.2, 0.25) is 0 Å². The highest BCUT2D eigenvalue weighted by Crippen LogP contribution is 2.27. The van der Waals surface area contributed by atoms with Gasteiger partial charge in [-0.25, -0.2) is 0 Å². The summed E-state index contributed by atoms with van der Waals surface area (Å²) in [6.45, 7) is 4.61. The SMILES string of the molecule is COc1ccc(CNC(=O)c2ccc(N3CCC(C)CC3)nn2)cc1OC. The van der Waals surface area contributed by atoms with Crippen LogP contribution in [0.3, 0.4) is 0 Å². The summed E-state index contributed by atoms with van der Waals surface area (Å²) in [6.07, 6.45) is 2.32. The molecule has 1 fully saturated rings. The molecular weight excluding hydrogens is 344 g/mol. The zero-order chi connectivity index (χ0) is 19.2. The van der Waals surface area contributed by atoms with Crippen molar-refractivity contribution in [3.05, 3.63) is 41.6 Å². The van der Waals surface area contributed by atoms with E-state index >= 15 is 0 Å². The van der Waals surface area contributed by atoms with Crippen molar-refractivity contribution in [1.29, 1.82) is 0 Å². The lowest BCUT2D eigenvalue weighted by atomic mass is 9.99. The van der Waals surface area contributed by atoms with E-state index in [1.54, 1.807) is 20.3 Å². The summed E-state index contributed by atoms with van der Waals surface area (Å²) in [7, 11) is 3.17. The lowest BCUT2D eigenvalue weighted by Gasteiger charge is -2.30. The summed E-state index contributed by atoms with van der Waals surface area (Å²) in [5.74, 6) is 2.62. The molecule has 1 aromatic carbocycles. The van der Waals surface area contributed by atoms with Gasteiger partial charge < -0.3 is 19.7 Å². The first-order valence-corrected chi connectivity index (χ1v) is 9.18. The standard InChI is InChI=1S/C20H26N4O3/c1-14-8-10-24(11-9-14)19-7-5-16(22-23-19)20(25)21-13-15-4-6-17(26-2)18(12-15)27-3/h4-7,12,14H,8-11,13H2,1-3H3,(H,21,25). The number of hydrogen-bond donors (Lipinski definition) is 1. The number of anilines is 1. The van der Waals surface area contributed by atoms with E-state index in [1.807, 2.05) is 24.3 Å². The Morgan fingerprint density at radius 2 is 1.85 bits per heavy atom. The third-order valence-corrected chi connectivity index (χ3v) is 4.89. The highest BCUT2D eigenvalue weighted by molar-refractivity contribution is 5.92. The molecule has 0 atom stereocenters. The van der Waals surface area contributed by atoms with Gasteiger partial charge in [-0.1, -0.05) is 13.0 Å². The number of amides is 1. The van der Waals surface area contributed by atoms with E-state index in [2.05, 4.69) is 27.3 Å². The smallest absolute Gasteiger partial charge is 0.272 e. The Hall–Kier alpha value is -2.83. The minimum atomic E-state index is -0.254. The van der Waals surface area contributed by atoms with Crippen molar-refractivity contribution in [3.8, 4) is 11.5 Å². The van der Waals surface area contributed by atoms with E-state index in [1.165, 1.54) is 0 Å². The Morgan fingerprint density at radius 3 is 2.48 bits per heavy atom. The molecule has 0 bridgehead atoms. The van der Waals surface area contributed by atoms with Crippen molar-refractivity contribution in [3.63, 3.8) is 0 Å². The zero-order valence-corrected chi connectivity index (χ0v) is 16.1. The van der Waals surface area contributed by atoms with Gasteiger partial charge in [0.15, 0.2) is 23.0 Å². The molecule has 1 aliphatic heterocycles. The third-order valence-electron chi connectivity index (χ3n) is 4.89. The molecule has 1 aliphatic rings. The average molecular weight is 370 g/mol. The third kappa shape index (κ3) is 4.67. The number of carbonyl (C=O) groups is 1. The number of hydrogen-bond acceptors (Lipinski definition) is 6. The fourth-order valence-electron chi connectivity index (χ4n) is 3.12. The van der Waals surface area contributed by atoms with Gasteiger partial charge in [-0.2, -0.15) is 0 Å². The second-order valence-electron chi connectivity index (χ2n) is 6.82. The molecule has 27 heavy (non-hydrogen) atoms. The molecule has 3 rings (SSSR count). The maximum absolute atomic E-state index is 12.3. The van der Waals surface area contributed by atoms with Crippen LogP contribution >= 0.6 is 0 Å². The number of benzene rings is 1. The van der Waals surface area contributed by atoms with Gasteiger partial charge in [0, 0.05) is 19.6 Å². The quantitative estimate of drug-likeness (QED) is 0.842. The Morgan fingerprint density at radius 1 is 1.11 bits per heavy atom. The molecule has 0 spiro atoms. The Labute approximate surface area is 159 Å². The first-order valence-electron chi connectivity index (χ1n) is 9.18. The van der Waals surface area contributed by atoms with E-state index in [-0.39, 0.29) is 5.91 Å². The van der Waals surface area contributed by atoms with Crippen molar-refractivity contribution < 1.29 is 14.3 Å². The molecule has 0 saturated carbocycles. The number of methoxy groups -OCH3 is 2. The minimum Gasteiger partial charge on any atom is -0.493 e. The molecule has 0 unspecified atom stereocenters. The highest BCUT2D eigenvalue weighted by atomic mass is 16.5. The van der Waals surface area contributed by atoms with Crippen LogP contribution in [-0.2, 0) is 6.54 Å². The molecule has 2 aromatic rings. The van der Waals surface area contributed by atoms with Crippen LogP contribution in [-0.4, -0.2) is 43.4 Å². The van der Waals surface area contributed by atoms with Crippen molar-refractivity contribution in [1.82, 2.24) is 15.5 Å². The first kappa shape index (κ1) is 18.9. The summed E-state index contributed by atoms with van der Waals surface area (Å²) in [6, 6.07) is 9.13. The van der Waals surface area contributed by atoms with Crippen LogP contribution in [0.5, 0.6) is 11.5 Å². The predicted octanol–water partition coefficient (Wildman–Crippen LogP) is 2.66. The van der Waals surface area contributed by atoms with Gasteiger partial charge in [0.1, 0.15) is 0 Å². The topological polar surface area (TPSA) is 76.6 Å². The first-order chi connectivity index (χ1) is 13.1. The normalized spacial score (nSPS) is 14.7. The van der Waals surface area contributed by atoms with Crippen LogP contribution in [0.15, 0.2) is 30.3 Å². The fourth-order valence-corrected chi connectivity index (χ4v) is 3.12. The van der Waals surface area contributed by atoms with Crippen molar-refractivity contribution in [2.45, 2.75) is 26.3 Å². The molecule has 1 N–H and O–H groups in total. The van der Waals surface area contributed by atoms with Crippen LogP contribution in [0.2, 0.25) is 0 Å². The van der Waals surface area contributed by atoms with Gasteiger partial charge in [0.05, 0.1) is 14.2 Å². The highest BCUT2D eigenvalue weighted by Gasteiger charge is 2.18. The van der Waals surface area contributed by atoms with Crippen LogP contribution < -0.4 is 19.7 Å². The van der Waals surface area contributed by atoms with Gasteiger partial charge in [-0.3, -0.25) is 4.79 Å². The van der Waals surface area contributed by atoms with E-state index in [4.69, 9.17) is 9.47 Å². The summed E-state index contributed by atoms with van der Waals surface area (Å²) in [5, 5.41) is 11.2. The van der Waals surface area contributed by atoms with Crippen molar-refractivity contribution in [2.24, 2.45) is 5.92 Å². The van der Waals surface area contributed by atoms with E-state index in [0.29, 0.717) is 23.7 Å². The summed E-state index contributed by atoms with van der Waals surface area (Å²) < 4.78 is 10.5. The Kier molecular flexibility index (Phi) is 6.11. The van der Waals surface area contributed by atoms with Crippen LogP contribution in [0, 0.1) is 5.92 Å². The van der Waals surface area contributed by atoms with E-state index in [0.717, 1.165) is 43.2 Å². The van der Waals surface area contributed by atoms with Crippen LogP contribution in [0.4, 0.5) is 5.82 Å². The fraction of sp³-hybridized carbons (Fsp3) is 0.450. The van der Waals surface area contributed by atoms with Gasteiger partial charge in [-0.15, -0.1) is 10.2 Å². The maximum Gasteiger partial charge on any atom is 0.272 e. The minimum absolute atomic E-state index is 0.254. The number of nitrogens with one attached hydrogen (secondary N) is 1. The number of aromatic nitrogens is 2. The number of ether oxygens (including phenoxy) is 2. The lowest BCUT2D eigenvalue weighted by Crippen LogP contribution is -2.33. The predicted molar refractivity (Wildman–Crippen MR) is 103 cm³/mol. The molecule has 1 saturated heterocycles. The monoisotopic (exact) mass is 370 g/mol. The number of rotatable bonds is 6. The molecule has 7 nitrogen and oxygen atoms in total. The van der Waals surface area contributed by atoms with Crippen LogP contribution in [0.25, 0.3) is 0 Å². The van der Waals surface area contributed by atoms with Crippen molar-refractivity contribution >= 4 is 11.7 Å². The summed E-state index contributed by atoms with van der Waals surface area (Å²) in [5.41, 5.74) is 1.22.